The van der Waals surface area contributed by atoms with Crippen LogP contribution in [-0.2, 0) is 0 Å². The minimum absolute atomic E-state index is 0.0207. The van der Waals surface area contributed by atoms with E-state index >= 15 is 0 Å². The molecule has 1 saturated heterocycles. The summed E-state index contributed by atoms with van der Waals surface area (Å²) in [5, 5.41) is 8.89. The van der Waals surface area contributed by atoms with Gasteiger partial charge in [0.25, 0.3) is 5.91 Å². The number of carbonyl (C=O) groups excluding carboxylic acids is 1. The molecule has 1 aromatic rings. The molecule has 0 spiro atoms. The lowest BCUT2D eigenvalue weighted by Crippen LogP contribution is -2.49. The van der Waals surface area contributed by atoms with Crippen molar-refractivity contribution in [3.63, 3.8) is 0 Å². The summed E-state index contributed by atoms with van der Waals surface area (Å²) in [5.41, 5.74) is 0.0207. The van der Waals surface area contributed by atoms with Crippen LogP contribution in [0.15, 0.2) is 18.3 Å². The number of rotatable bonds is 5. The molecule has 0 aliphatic carbocycles. The smallest absolute Gasteiger partial charge is 0.422 e. The Morgan fingerprint density at radius 2 is 2.00 bits per heavy atom. The second-order valence-electron chi connectivity index (χ2n) is 5.12. The third-order valence-electron chi connectivity index (χ3n) is 3.45. The fourth-order valence-corrected chi connectivity index (χ4v) is 2.31. The molecule has 0 unspecified atom stereocenters. The van der Waals surface area contributed by atoms with Crippen LogP contribution in [0.5, 0.6) is 5.88 Å². The first kappa shape index (κ1) is 17.5. The molecule has 0 bridgehead atoms. The number of β-amino-alcohol motifs (C(OH)–C–C–N with tert-alkyl or cyclic N) is 1. The number of aliphatic hydroxyl groups excluding tert-OH is 1. The molecule has 1 aliphatic rings. The number of carbonyl (C=O) groups is 1. The number of nitrogens with zero attached hydrogens (tertiary/aromatic N) is 3. The zero-order chi connectivity index (χ0) is 16.9. The first-order chi connectivity index (χ1) is 10.9. The van der Waals surface area contributed by atoms with Crippen molar-refractivity contribution in [2.24, 2.45) is 0 Å². The Hall–Kier alpha value is -1.87. The first-order valence-corrected chi connectivity index (χ1v) is 7.18. The highest BCUT2D eigenvalue weighted by atomic mass is 19.4. The van der Waals surface area contributed by atoms with E-state index in [1.165, 1.54) is 18.3 Å². The number of amides is 1. The largest absolute Gasteiger partial charge is 0.467 e. The number of pyridine rings is 1. The zero-order valence-corrected chi connectivity index (χ0v) is 12.4. The van der Waals surface area contributed by atoms with Gasteiger partial charge in [-0.1, -0.05) is 0 Å². The van der Waals surface area contributed by atoms with Crippen molar-refractivity contribution in [1.29, 1.82) is 0 Å². The van der Waals surface area contributed by atoms with Gasteiger partial charge in [0, 0.05) is 38.9 Å². The molecule has 2 rings (SSSR count). The Kier molecular flexibility index (Phi) is 5.78. The van der Waals surface area contributed by atoms with E-state index in [4.69, 9.17) is 5.11 Å². The van der Waals surface area contributed by atoms with E-state index in [9.17, 15) is 18.0 Å². The van der Waals surface area contributed by atoms with E-state index in [2.05, 4.69) is 9.72 Å². The van der Waals surface area contributed by atoms with E-state index < -0.39 is 18.7 Å². The average Bonchev–Trinajstić information content (AvgIpc) is 2.53. The molecule has 0 radical (unpaired) electrons. The summed E-state index contributed by atoms with van der Waals surface area (Å²) >= 11 is 0. The number of ether oxygens (including phenoxy) is 1. The second-order valence-corrected chi connectivity index (χ2v) is 5.12. The van der Waals surface area contributed by atoms with Crippen LogP contribution in [0.2, 0.25) is 0 Å². The summed E-state index contributed by atoms with van der Waals surface area (Å²) < 4.78 is 41.5. The highest BCUT2D eigenvalue weighted by Gasteiger charge is 2.30. The van der Waals surface area contributed by atoms with E-state index in [-0.39, 0.29) is 18.1 Å². The molecule has 1 aromatic heterocycles. The highest BCUT2D eigenvalue weighted by Crippen LogP contribution is 2.21. The Morgan fingerprint density at radius 3 is 2.61 bits per heavy atom. The molecule has 1 amide bonds. The molecule has 9 heteroatoms. The maximum Gasteiger partial charge on any atom is 0.422 e. The van der Waals surface area contributed by atoms with Gasteiger partial charge in [-0.25, -0.2) is 4.98 Å². The second kappa shape index (κ2) is 7.60. The van der Waals surface area contributed by atoms with Crippen molar-refractivity contribution in [3.05, 3.63) is 23.9 Å². The number of alkyl halides is 3. The van der Waals surface area contributed by atoms with Gasteiger partial charge >= 0.3 is 6.18 Å². The number of hydrogen-bond acceptors (Lipinski definition) is 5. The zero-order valence-electron chi connectivity index (χ0n) is 12.4. The molecule has 1 fully saturated rings. The van der Waals surface area contributed by atoms with E-state index in [1.807, 2.05) is 4.90 Å². The van der Waals surface area contributed by atoms with E-state index in [0.29, 0.717) is 32.7 Å². The van der Waals surface area contributed by atoms with Crippen LogP contribution in [0.25, 0.3) is 0 Å². The van der Waals surface area contributed by atoms with Crippen molar-refractivity contribution in [2.45, 2.75) is 6.18 Å². The van der Waals surface area contributed by atoms with Gasteiger partial charge in [0.05, 0.1) is 6.61 Å². The van der Waals surface area contributed by atoms with Gasteiger partial charge in [0.2, 0.25) is 5.88 Å². The fraction of sp³-hybridized carbons (Fsp3) is 0.571. The topological polar surface area (TPSA) is 65.9 Å². The van der Waals surface area contributed by atoms with Crippen molar-refractivity contribution < 1.29 is 27.8 Å². The number of aliphatic hydroxyl groups is 1. The lowest BCUT2D eigenvalue weighted by Gasteiger charge is -2.34. The summed E-state index contributed by atoms with van der Waals surface area (Å²) in [5.74, 6) is -0.716. The highest BCUT2D eigenvalue weighted by molar-refractivity contribution is 5.96. The van der Waals surface area contributed by atoms with Crippen molar-refractivity contribution in [3.8, 4) is 5.88 Å². The number of halogens is 3. The van der Waals surface area contributed by atoms with Crippen LogP contribution < -0.4 is 4.74 Å². The summed E-state index contributed by atoms with van der Waals surface area (Å²) in [6, 6.07) is 2.89. The maximum absolute atomic E-state index is 12.5. The normalized spacial score (nSPS) is 16.4. The van der Waals surface area contributed by atoms with Crippen LogP contribution in [0.1, 0.15) is 10.4 Å². The van der Waals surface area contributed by atoms with Gasteiger partial charge in [-0.05, 0) is 12.1 Å². The molecule has 23 heavy (non-hydrogen) atoms. The molecular formula is C14H18F3N3O3. The predicted octanol–water partition coefficient (Wildman–Crippen LogP) is 0.773. The van der Waals surface area contributed by atoms with Gasteiger partial charge in [0.15, 0.2) is 6.61 Å². The molecule has 1 N–H and O–H groups in total. The fourth-order valence-electron chi connectivity index (χ4n) is 2.31. The van der Waals surface area contributed by atoms with Crippen LogP contribution in [-0.4, -0.2) is 77.9 Å². The summed E-state index contributed by atoms with van der Waals surface area (Å²) in [4.78, 5) is 19.8. The molecule has 128 valence electrons. The monoisotopic (exact) mass is 333 g/mol. The van der Waals surface area contributed by atoms with Gasteiger partial charge in [-0.2, -0.15) is 13.2 Å². The lowest BCUT2D eigenvalue weighted by atomic mass is 10.2. The Balaban J connectivity index is 2.02. The molecule has 0 atom stereocenters. The molecule has 0 aromatic carbocycles. The molecule has 0 saturated carbocycles. The summed E-state index contributed by atoms with van der Waals surface area (Å²) in [6.07, 6.45) is -3.21. The Labute approximate surface area is 131 Å². The van der Waals surface area contributed by atoms with Crippen LogP contribution in [0.4, 0.5) is 13.2 Å². The quantitative estimate of drug-likeness (QED) is 0.862. The Bertz CT molecular complexity index is 531. The predicted molar refractivity (Wildman–Crippen MR) is 75.2 cm³/mol. The molecule has 6 nitrogen and oxygen atoms in total. The minimum atomic E-state index is -4.49. The number of piperazine rings is 1. The maximum atomic E-state index is 12.5. The average molecular weight is 333 g/mol. The molecule has 2 heterocycles. The number of hydrogen-bond donors (Lipinski definition) is 1. The first-order valence-electron chi connectivity index (χ1n) is 7.18. The lowest BCUT2D eigenvalue weighted by molar-refractivity contribution is -0.154. The van der Waals surface area contributed by atoms with Crippen LogP contribution >= 0.6 is 0 Å². The van der Waals surface area contributed by atoms with E-state index in [1.54, 1.807) is 4.90 Å². The number of aromatic nitrogens is 1. The SMILES string of the molecule is O=C(c1cccnc1OCC(F)(F)F)N1CCN(CCO)CC1. The summed E-state index contributed by atoms with van der Waals surface area (Å²) in [6.45, 7) is 1.17. The third kappa shape index (κ3) is 5.07. The third-order valence-corrected chi connectivity index (χ3v) is 3.45. The van der Waals surface area contributed by atoms with Gasteiger partial charge < -0.3 is 14.7 Å². The van der Waals surface area contributed by atoms with Crippen molar-refractivity contribution in [1.82, 2.24) is 14.8 Å². The van der Waals surface area contributed by atoms with Crippen LogP contribution in [0, 0.1) is 0 Å². The van der Waals surface area contributed by atoms with E-state index in [0.717, 1.165) is 0 Å². The molecular weight excluding hydrogens is 315 g/mol. The van der Waals surface area contributed by atoms with Crippen molar-refractivity contribution in [2.75, 3.05) is 45.9 Å². The minimum Gasteiger partial charge on any atom is -0.467 e. The standard InChI is InChI=1S/C14H18F3N3O3/c15-14(16,17)10-23-12-11(2-1-3-18-12)13(22)20-6-4-19(5-7-20)8-9-21/h1-3,21H,4-10H2. The van der Waals surface area contributed by atoms with Gasteiger partial charge in [-0.15, -0.1) is 0 Å². The Morgan fingerprint density at radius 1 is 1.30 bits per heavy atom. The molecule has 1 aliphatic heterocycles. The van der Waals surface area contributed by atoms with Crippen LogP contribution in [0.3, 0.4) is 0 Å². The van der Waals surface area contributed by atoms with Gasteiger partial charge in [-0.3, -0.25) is 9.69 Å². The van der Waals surface area contributed by atoms with Crippen molar-refractivity contribution >= 4 is 5.91 Å². The summed E-state index contributed by atoms with van der Waals surface area (Å²) in [7, 11) is 0. The van der Waals surface area contributed by atoms with Gasteiger partial charge in [0.1, 0.15) is 5.56 Å².